The van der Waals surface area contributed by atoms with Crippen LogP contribution in [0.25, 0.3) is 0 Å². The highest BCUT2D eigenvalue weighted by Crippen LogP contribution is 2.45. The molecule has 0 bridgehead atoms. The molecular formula is C19H24ClFN2O2S. The normalized spacial score (nSPS) is 19.8. The Labute approximate surface area is 163 Å². The van der Waals surface area contributed by atoms with Gasteiger partial charge < -0.3 is 9.80 Å². The summed E-state index contributed by atoms with van der Waals surface area (Å²) in [6, 6.07) is 6.12. The summed E-state index contributed by atoms with van der Waals surface area (Å²) in [5.41, 5.74) is -0.464. The predicted molar refractivity (Wildman–Crippen MR) is 103 cm³/mol. The topological polar surface area (TPSA) is 40.6 Å². The summed E-state index contributed by atoms with van der Waals surface area (Å²) in [5.74, 6) is 0.425. The van der Waals surface area contributed by atoms with Crippen LogP contribution in [0.3, 0.4) is 0 Å². The van der Waals surface area contributed by atoms with Gasteiger partial charge in [0.15, 0.2) is 0 Å². The van der Waals surface area contributed by atoms with Crippen molar-refractivity contribution in [3.63, 3.8) is 0 Å². The minimum atomic E-state index is -0.586. The van der Waals surface area contributed by atoms with E-state index >= 15 is 0 Å². The molecule has 0 N–H and O–H groups in total. The number of carbonyl (C=O) groups excluding carboxylic acids is 2. The van der Waals surface area contributed by atoms with Crippen molar-refractivity contribution < 1.29 is 14.0 Å². The first-order chi connectivity index (χ1) is 12.3. The molecule has 1 aromatic carbocycles. The number of nitrogens with zero attached hydrogens (tertiary/aromatic N) is 2. The van der Waals surface area contributed by atoms with Crippen molar-refractivity contribution in [1.82, 2.24) is 9.80 Å². The summed E-state index contributed by atoms with van der Waals surface area (Å²) in [6.07, 6.45) is 1.39. The third-order valence-electron chi connectivity index (χ3n) is 5.27. The number of alkyl halides is 1. The molecule has 0 unspecified atom stereocenters. The lowest BCUT2D eigenvalue weighted by Crippen LogP contribution is -2.55. The summed E-state index contributed by atoms with van der Waals surface area (Å²) >= 11 is 7.68. The van der Waals surface area contributed by atoms with Gasteiger partial charge in [-0.2, -0.15) is 0 Å². The molecule has 1 spiro atoms. The van der Waals surface area contributed by atoms with Crippen LogP contribution >= 0.6 is 23.4 Å². The maximum Gasteiger partial charge on any atom is 0.257 e. The Hall–Kier alpha value is -1.27. The number of amides is 2. The van der Waals surface area contributed by atoms with Crippen LogP contribution in [0.1, 0.15) is 37.0 Å². The fraction of sp³-hybridized carbons (Fsp3) is 0.579. The predicted octanol–water partition coefficient (Wildman–Crippen LogP) is 3.60. The molecule has 2 amide bonds. The molecule has 142 valence electrons. The first kappa shape index (κ1) is 19.5. The van der Waals surface area contributed by atoms with Gasteiger partial charge in [-0.3, -0.25) is 9.59 Å². The lowest BCUT2D eigenvalue weighted by atomic mass is 9.92. The number of benzene rings is 1. The van der Waals surface area contributed by atoms with Gasteiger partial charge in [0.25, 0.3) is 5.91 Å². The van der Waals surface area contributed by atoms with Crippen molar-refractivity contribution in [3.8, 4) is 0 Å². The van der Waals surface area contributed by atoms with Crippen LogP contribution in [-0.2, 0) is 4.79 Å². The SMILES string of the molecule is CC(C)(CCl)C(=O)N1CCC2(CC1)SCCN2C(=O)c1ccccc1F. The molecule has 0 radical (unpaired) electrons. The van der Waals surface area contributed by atoms with Gasteiger partial charge in [0, 0.05) is 31.3 Å². The van der Waals surface area contributed by atoms with Gasteiger partial charge in [0.1, 0.15) is 5.82 Å². The Bertz CT molecular complexity index is 705. The molecule has 2 fully saturated rings. The Morgan fingerprint density at radius 3 is 2.50 bits per heavy atom. The van der Waals surface area contributed by atoms with E-state index in [0.29, 0.717) is 32.5 Å². The van der Waals surface area contributed by atoms with Crippen LogP contribution in [-0.4, -0.2) is 57.8 Å². The number of thioether (sulfide) groups is 1. The van der Waals surface area contributed by atoms with E-state index in [1.54, 1.807) is 23.9 Å². The Balaban J connectivity index is 1.74. The van der Waals surface area contributed by atoms with Gasteiger partial charge in [-0.25, -0.2) is 4.39 Å². The molecule has 0 atom stereocenters. The third kappa shape index (κ3) is 3.46. The maximum absolute atomic E-state index is 14.1. The summed E-state index contributed by atoms with van der Waals surface area (Å²) < 4.78 is 14.1. The summed E-state index contributed by atoms with van der Waals surface area (Å²) in [4.78, 5) is 28.9. The number of rotatable bonds is 3. The molecule has 2 saturated heterocycles. The van der Waals surface area contributed by atoms with E-state index < -0.39 is 11.2 Å². The van der Waals surface area contributed by atoms with Gasteiger partial charge in [-0.1, -0.05) is 12.1 Å². The second-order valence-electron chi connectivity index (χ2n) is 7.54. The number of likely N-dealkylation sites (tertiary alicyclic amines) is 1. The smallest absolute Gasteiger partial charge is 0.257 e. The molecule has 26 heavy (non-hydrogen) atoms. The molecule has 7 heteroatoms. The first-order valence-corrected chi connectivity index (χ1v) is 10.4. The zero-order valence-electron chi connectivity index (χ0n) is 15.1. The van der Waals surface area contributed by atoms with Gasteiger partial charge in [-0.15, -0.1) is 23.4 Å². The number of piperidine rings is 1. The van der Waals surface area contributed by atoms with Crippen molar-refractivity contribution in [1.29, 1.82) is 0 Å². The highest BCUT2D eigenvalue weighted by Gasteiger charge is 2.48. The third-order valence-corrected chi connectivity index (χ3v) is 7.49. The van der Waals surface area contributed by atoms with E-state index in [-0.39, 0.29) is 28.1 Å². The monoisotopic (exact) mass is 398 g/mol. The number of hydrogen-bond acceptors (Lipinski definition) is 3. The Morgan fingerprint density at radius 1 is 1.23 bits per heavy atom. The van der Waals surface area contributed by atoms with Crippen molar-refractivity contribution in [2.75, 3.05) is 31.3 Å². The highest BCUT2D eigenvalue weighted by atomic mass is 35.5. The largest absolute Gasteiger partial charge is 0.342 e. The van der Waals surface area contributed by atoms with Gasteiger partial charge in [0.2, 0.25) is 5.91 Å². The minimum absolute atomic E-state index is 0.0531. The van der Waals surface area contributed by atoms with E-state index in [9.17, 15) is 14.0 Å². The number of carbonyl (C=O) groups is 2. The summed E-state index contributed by atoms with van der Waals surface area (Å²) in [7, 11) is 0. The van der Waals surface area contributed by atoms with Gasteiger partial charge >= 0.3 is 0 Å². The maximum atomic E-state index is 14.1. The fourth-order valence-electron chi connectivity index (χ4n) is 3.63. The average Bonchev–Trinajstić information content (AvgIpc) is 3.04. The van der Waals surface area contributed by atoms with Gasteiger partial charge in [0.05, 0.1) is 15.8 Å². The second-order valence-corrected chi connectivity index (χ2v) is 9.27. The van der Waals surface area contributed by atoms with E-state index in [1.165, 1.54) is 12.1 Å². The fourth-order valence-corrected chi connectivity index (χ4v) is 5.20. The van der Waals surface area contributed by atoms with Crippen LogP contribution in [0.2, 0.25) is 0 Å². The number of hydrogen-bond donors (Lipinski definition) is 0. The molecule has 3 rings (SSSR count). The highest BCUT2D eigenvalue weighted by molar-refractivity contribution is 8.00. The zero-order chi connectivity index (χ0) is 18.9. The van der Waals surface area contributed by atoms with Crippen LogP contribution in [0, 0.1) is 11.2 Å². The van der Waals surface area contributed by atoms with Crippen LogP contribution in [0.5, 0.6) is 0 Å². The lowest BCUT2D eigenvalue weighted by molar-refractivity contribution is -0.140. The summed E-state index contributed by atoms with van der Waals surface area (Å²) in [5, 5.41) is 0. The summed E-state index contributed by atoms with van der Waals surface area (Å²) in [6.45, 7) is 5.50. The Morgan fingerprint density at radius 2 is 1.88 bits per heavy atom. The van der Waals surface area contributed by atoms with Crippen molar-refractivity contribution >= 4 is 35.2 Å². The van der Waals surface area contributed by atoms with E-state index in [1.807, 2.05) is 23.6 Å². The minimum Gasteiger partial charge on any atom is -0.342 e. The zero-order valence-corrected chi connectivity index (χ0v) is 16.7. The van der Waals surface area contributed by atoms with E-state index in [4.69, 9.17) is 11.6 Å². The molecule has 0 aromatic heterocycles. The lowest BCUT2D eigenvalue weighted by Gasteiger charge is -2.45. The van der Waals surface area contributed by atoms with Gasteiger partial charge in [-0.05, 0) is 38.8 Å². The molecule has 2 heterocycles. The first-order valence-electron chi connectivity index (χ1n) is 8.86. The molecule has 0 aliphatic carbocycles. The van der Waals surface area contributed by atoms with Crippen LogP contribution in [0.4, 0.5) is 4.39 Å². The van der Waals surface area contributed by atoms with Crippen LogP contribution in [0.15, 0.2) is 24.3 Å². The van der Waals surface area contributed by atoms with E-state index in [2.05, 4.69) is 0 Å². The van der Waals surface area contributed by atoms with Crippen molar-refractivity contribution in [2.24, 2.45) is 5.41 Å². The molecule has 2 aliphatic heterocycles. The molecule has 1 aromatic rings. The number of halogens is 2. The molecular weight excluding hydrogens is 375 g/mol. The van der Waals surface area contributed by atoms with E-state index in [0.717, 1.165) is 5.75 Å². The van der Waals surface area contributed by atoms with Crippen LogP contribution < -0.4 is 0 Å². The quantitative estimate of drug-likeness (QED) is 0.730. The molecule has 0 saturated carbocycles. The Kier molecular flexibility index (Phi) is 5.54. The molecule has 4 nitrogen and oxygen atoms in total. The van der Waals surface area contributed by atoms with Crippen molar-refractivity contribution in [2.45, 2.75) is 31.6 Å². The van der Waals surface area contributed by atoms with Crippen molar-refractivity contribution in [3.05, 3.63) is 35.6 Å². The second kappa shape index (κ2) is 7.39. The standard InChI is InChI=1S/C19H24ClFN2O2S/c1-18(2,13-20)17(25)22-9-7-19(8-10-22)23(11-12-26-19)16(24)14-5-3-4-6-15(14)21/h3-6H,7-13H2,1-2H3. The average molecular weight is 399 g/mol. The molecule has 2 aliphatic rings.